The lowest BCUT2D eigenvalue weighted by atomic mass is 9.66. The third kappa shape index (κ3) is 5.00. The molecule has 0 atom stereocenters. The average Bonchev–Trinajstić information content (AvgIpc) is 3.90. The molecule has 9 aromatic carbocycles. The summed E-state index contributed by atoms with van der Waals surface area (Å²) in [6.45, 7) is 0. The highest BCUT2D eigenvalue weighted by atomic mass is 32.1. The minimum Gasteiger partial charge on any atom is -0.457 e. The van der Waals surface area contributed by atoms with Crippen molar-refractivity contribution in [2.45, 2.75) is 5.41 Å². The van der Waals surface area contributed by atoms with Crippen molar-refractivity contribution in [3.8, 4) is 22.6 Å². The van der Waals surface area contributed by atoms with E-state index in [0.717, 1.165) is 77.4 Å². The molecule has 0 saturated carbocycles. The van der Waals surface area contributed by atoms with Gasteiger partial charge in [-0.1, -0.05) is 139 Å². The van der Waals surface area contributed by atoms with Gasteiger partial charge in [0.2, 0.25) is 0 Å². The maximum atomic E-state index is 9.07. The summed E-state index contributed by atoms with van der Waals surface area (Å²) >= 11 is 1.40. The Labute approximate surface area is 361 Å². The zero-order chi connectivity index (χ0) is 47.6. The van der Waals surface area contributed by atoms with Gasteiger partial charge in [-0.15, -0.1) is 11.3 Å². The van der Waals surface area contributed by atoms with Gasteiger partial charge in [0.25, 0.3) is 0 Å². The van der Waals surface area contributed by atoms with Gasteiger partial charge in [-0.05, 0) is 95.5 Å². The van der Waals surface area contributed by atoms with Crippen LogP contribution < -0.4 is 14.5 Å². The average molecular weight is 783 g/mol. The van der Waals surface area contributed by atoms with Gasteiger partial charge in [-0.2, -0.15) is 0 Å². The second-order valence-electron chi connectivity index (χ2n) is 14.5. The van der Waals surface area contributed by atoms with Crippen LogP contribution in [0, 0.1) is 0 Å². The third-order valence-corrected chi connectivity index (χ3v) is 12.7. The maximum Gasteiger partial charge on any atom is 0.132 e. The smallest absolute Gasteiger partial charge is 0.132 e. The third-order valence-electron chi connectivity index (χ3n) is 11.5. The molecular weight excluding hydrogens is 737 g/mol. The summed E-state index contributed by atoms with van der Waals surface area (Å²) in [5.41, 5.74) is 8.21. The first kappa shape index (κ1) is 25.1. The van der Waals surface area contributed by atoms with Gasteiger partial charge in [0.1, 0.15) is 11.5 Å². The minimum atomic E-state index is -0.688. The fraction of sp³-hybridized carbons (Fsp3) is 0.0182. The quantitative estimate of drug-likeness (QED) is 0.167. The Hall–Kier alpha value is -7.40. The fourth-order valence-corrected chi connectivity index (χ4v) is 10.4. The van der Waals surface area contributed by atoms with E-state index < -0.39 is 65.8 Å². The number of nitrogens with zero attached hydrogens (tertiary/aromatic N) is 2. The van der Waals surface area contributed by atoms with Gasteiger partial charge >= 0.3 is 0 Å². The number of para-hydroxylation sites is 5. The van der Waals surface area contributed by atoms with Crippen LogP contribution in [0.3, 0.4) is 0 Å². The SMILES string of the molecule is [2H]c1c([2H])c([2H])c(N(c2c([2H])c([2H])c([2H])c([2H])c2[2H])c2cccc3c2sc2ccc(N(c4ccccc4)c4cccc5c4-c4ccccc4C54c5ccccc5Oc5ccccc54)cc23)c([2H])c1[2H]. The number of thiophene rings is 1. The van der Waals surface area contributed by atoms with Crippen LogP contribution in [0.25, 0.3) is 31.3 Å². The lowest BCUT2D eigenvalue weighted by molar-refractivity contribution is 0.436. The van der Waals surface area contributed by atoms with Gasteiger partial charge < -0.3 is 14.5 Å². The molecule has 0 fully saturated rings. The van der Waals surface area contributed by atoms with Gasteiger partial charge in [-0.3, -0.25) is 0 Å². The molecule has 10 aromatic rings. The number of fused-ring (bicyclic) bond motifs is 12. The largest absolute Gasteiger partial charge is 0.457 e. The molecule has 0 unspecified atom stereocenters. The van der Waals surface area contributed by atoms with Crippen LogP contribution in [0.15, 0.2) is 218 Å². The second kappa shape index (κ2) is 13.3. The highest BCUT2D eigenvalue weighted by molar-refractivity contribution is 7.26. The van der Waals surface area contributed by atoms with Crippen molar-refractivity contribution in [2.75, 3.05) is 9.80 Å². The van der Waals surface area contributed by atoms with E-state index in [1.54, 1.807) is 12.1 Å². The summed E-state index contributed by atoms with van der Waals surface area (Å²) in [6, 6.07) is 47.4. The molecule has 278 valence electrons. The normalized spacial score (nSPS) is 15.4. The molecular formula is C55H36N2OS. The predicted octanol–water partition coefficient (Wildman–Crippen LogP) is 15.5. The highest BCUT2D eigenvalue weighted by Gasteiger charge is 2.51. The van der Waals surface area contributed by atoms with E-state index >= 15 is 0 Å². The fourth-order valence-electron chi connectivity index (χ4n) is 9.22. The van der Waals surface area contributed by atoms with E-state index in [-0.39, 0.29) is 17.1 Å². The van der Waals surface area contributed by atoms with Crippen molar-refractivity contribution in [1.82, 2.24) is 0 Å². The lowest BCUT2D eigenvalue weighted by Gasteiger charge is -2.39. The van der Waals surface area contributed by atoms with Gasteiger partial charge in [0.05, 0.1) is 35.2 Å². The molecule has 1 aromatic heterocycles. The van der Waals surface area contributed by atoms with Crippen molar-refractivity contribution >= 4 is 65.6 Å². The van der Waals surface area contributed by atoms with E-state index in [0.29, 0.717) is 4.70 Å². The zero-order valence-electron chi connectivity index (χ0n) is 41.2. The van der Waals surface area contributed by atoms with Crippen molar-refractivity contribution in [1.29, 1.82) is 0 Å². The van der Waals surface area contributed by atoms with Crippen LogP contribution in [0.5, 0.6) is 11.5 Å². The van der Waals surface area contributed by atoms with E-state index in [1.807, 2.05) is 54.6 Å². The van der Waals surface area contributed by atoms with E-state index in [4.69, 9.17) is 18.4 Å². The number of rotatable bonds is 6. The number of benzene rings is 9. The summed E-state index contributed by atoms with van der Waals surface area (Å²) in [6.07, 6.45) is 0. The summed E-state index contributed by atoms with van der Waals surface area (Å²) in [5, 5.41) is 1.61. The molecule has 59 heavy (non-hydrogen) atoms. The molecule has 1 aliphatic heterocycles. The molecule has 2 aliphatic rings. The molecule has 1 spiro atoms. The predicted molar refractivity (Wildman–Crippen MR) is 246 cm³/mol. The molecule has 0 radical (unpaired) electrons. The second-order valence-corrected chi connectivity index (χ2v) is 15.5. The number of ether oxygens (including phenoxy) is 1. The van der Waals surface area contributed by atoms with Crippen molar-refractivity contribution in [2.24, 2.45) is 0 Å². The zero-order valence-corrected chi connectivity index (χ0v) is 32.0. The molecule has 0 amide bonds. The molecule has 12 rings (SSSR count). The number of hydrogen-bond acceptors (Lipinski definition) is 4. The minimum absolute atomic E-state index is 0.284. The molecule has 4 heteroatoms. The van der Waals surface area contributed by atoms with Crippen LogP contribution in [-0.4, -0.2) is 0 Å². The van der Waals surface area contributed by atoms with Crippen LogP contribution in [0.4, 0.5) is 34.1 Å². The Bertz CT molecular complexity index is 3650. The van der Waals surface area contributed by atoms with Crippen LogP contribution in [-0.2, 0) is 5.41 Å². The first-order valence-corrected chi connectivity index (χ1v) is 20.1. The van der Waals surface area contributed by atoms with Crippen molar-refractivity contribution in [3.63, 3.8) is 0 Å². The van der Waals surface area contributed by atoms with Gasteiger partial charge in [-0.25, -0.2) is 0 Å². The van der Waals surface area contributed by atoms with Crippen molar-refractivity contribution < 1.29 is 18.4 Å². The van der Waals surface area contributed by atoms with E-state index in [2.05, 4.69) is 95.9 Å². The van der Waals surface area contributed by atoms with E-state index in [9.17, 15) is 0 Å². The Kier molecular flexibility index (Phi) is 5.67. The first-order chi connectivity index (χ1) is 33.4. The van der Waals surface area contributed by atoms with Crippen LogP contribution >= 0.6 is 11.3 Å². The van der Waals surface area contributed by atoms with Gasteiger partial charge in [0, 0.05) is 54.9 Å². The summed E-state index contributed by atoms with van der Waals surface area (Å²) in [5.74, 6) is 1.60. The standard InChI is InChI=1S/C55H36N2OS/c1-4-18-37(19-5-1)56(38-20-6-2-7-21-38)49-31-16-25-41-43-36-40(34-35-52(43)59-54(41)49)57(39-22-8-3-9-23-39)48-30-17-29-47-53(48)42-24-10-11-26-44(42)55(47)45-27-12-14-32-50(45)58-51-33-15-13-28-46(51)55/h1-36H/i1D,2D,4D,5D,6D,7D,18D,19D,20D,21D. The topological polar surface area (TPSA) is 15.7 Å². The van der Waals surface area contributed by atoms with Crippen molar-refractivity contribution in [3.05, 3.63) is 240 Å². The Balaban J connectivity index is 1.11. The molecule has 0 N–H and O–H groups in total. The number of anilines is 6. The summed E-state index contributed by atoms with van der Waals surface area (Å²) < 4.78 is 95.5. The van der Waals surface area contributed by atoms with E-state index in [1.165, 1.54) is 16.2 Å². The molecule has 2 heterocycles. The molecule has 3 nitrogen and oxygen atoms in total. The molecule has 0 saturated heterocycles. The van der Waals surface area contributed by atoms with Crippen LogP contribution in [0.2, 0.25) is 0 Å². The highest BCUT2D eigenvalue weighted by Crippen LogP contribution is 2.64. The van der Waals surface area contributed by atoms with Gasteiger partial charge in [0.15, 0.2) is 0 Å². The lowest BCUT2D eigenvalue weighted by Crippen LogP contribution is -2.32. The maximum absolute atomic E-state index is 9.07. The molecule has 1 aliphatic carbocycles. The van der Waals surface area contributed by atoms with Crippen LogP contribution in [0.1, 0.15) is 36.0 Å². The Morgan fingerprint density at radius 1 is 0.441 bits per heavy atom. The monoisotopic (exact) mass is 782 g/mol. The summed E-state index contributed by atoms with van der Waals surface area (Å²) in [4.78, 5) is 3.51. The Morgan fingerprint density at radius 3 is 1.73 bits per heavy atom. The molecule has 0 bridgehead atoms. The first-order valence-electron chi connectivity index (χ1n) is 24.3. The number of hydrogen-bond donors (Lipinski definition) is 0. The summed E-state index contributed by atoms with van der Waals surface area (Å²) in [7, 11) is 0. The Morgan fingerprint density at radius 2 is 1.02 bits per heavy atom.